The third-order valence-corrected chi connectivity index (χ3v) is 4.50. The van der Waals surface area contributed by atoms with Crippen molar-refractivity contribution in [3.63, 3.8) is 0 Å². The molecule has 0 aromatic heterocycles. The van der Waals surface area contributed by atoms with Crippen LogP contribution in [0.3, 0.4) is 0 Å². The maximum atomic E-state index is 11.8. The van der Waals surface area contributed by atoms with E-state index in [1.54, 1.807) is 0 Å². The summed E-state index contributed by atoms with van der Waals surface area (Å²) < 4.78 is 10.6. The first-order chi connectivity index (χ1) is 11.1. The molecule has 2 aromatic carbocycles. The molecule has 0 unspecified atom stereocenters. The summed E-state index contributed by atoms with van der Waals surface area (Å²) in [6.07, 6.45) is 2.39. The predicted octanol–water partition coefficient (Wildman–Crippen LogP) is 4.01. The van der Waals surface area contributed by atoms with Crippen molar-refractivity contribution >= 4 is 5.97 Å². The van der Waals surface area contributed by atoms with E-state index in [2.05, 4.69) is 31.2 Å². The number of hydrogen-bond acceptors (Lipinski definition) is 3. The standard InChI is InChI=1S/C20H22O3/c1-13-6-7-14(2)20(17(13)12-19(21)22-3)16-8-9-18-15(11-16)5-4-10-23-18/h6-9,11H,4-5,10,12H2,1-3H3. The van der Waals surface area contributed by atoms with Crippen LogP contribution in [0, 0.1) is 13.8 Å². The van der Waals surface area contributed by atoms with Crippen LogP contribution in [0.4, 0.5) is 0 Å². The van der Waals surface area contributed by atoms with Crippen LogP contribution in [-0.4, -0.2) is 19.7 Å². The van der Waals surface area contributed by atoms with Crippen LogP contribution in [0.15, 0.2) is 30.3 Å². The van der Waals surface area contributed by atoms with Gasteiger partial charge in [-0.05, 0) is 72.2 Å². The summed E-state index contributed by atoms with van der Waals surface area (Å²) in [6.45, 7) is 4.93. The number of hydrogen-bond donors (Lipinski definition) is 0. The molecule has 0 aliphatic carbocycles. The monoisotopic (exact) mass is 310 g/mol. The highest BCUT2D eigenvalue weighted by molar-refractivity contribution is 5.81. The highest BCUT2D eigenvalue weighted by Gasteiger charge is 2.17. The van der Waals surface area contributed by atoms with E-state index in [1.165, 1.54) is 18.2 Å². The molecule has 0 saturated carbocycles. The van der Waals surface area contributed by atoms with Gasteiger partial charge in [-0.3, -0.25) is 4.79 Å². The molecule has 23 heavy (non-hydrogen) atoms. The Bertz CT molecular complexity index is 747. The zero-order valence-corrected chi connectivity index (χ0v) is 13.9. The maximum absolute atomic E-state index is 11.8. The lowest BCUT2D eigenvalue weighted by molar-refractivity contribution is -0.139. The van der Waals surface area contributed by atoms with E-state index in [0.29, 0.717) is 6.42 Å². The van der Waals surface area contributed by atoms with Gasteiger partial charge in [-0.15, -0.1) is 0 Å². The highest BCUT2D eigenvalue weighted by atomic mass is 16.5. The fourth-order valence-electron chi connectivity index (χ4n) is 3.23. The zero-order chi connectivity index (χ0) is 16.4. The summed E-state index contributed by atoms with van der Waals surface area (Å²) >= 11 is 0. The molecular formula is C20H22O3. The van der Waals surface area contributed by atoms with E-state index in [9.17, 15) is 4.79 Å². The molecule has 0 atom stereocenters. The number of fused-ring (bicyclic) bond motifs is 1. The molecule has 0 N–H and O–H groups in total. The van der Waals surface area contributed by atoms with Crippen molar-refractivity contribution in [3.05, 3.63) is 52.6 Å². The molecule has 0 bridgehead atoms. The fraction of sp³-hybridized carbons (Fsp3) is 0.350. The second-order valence-electron chi connectivity index (χ2n) is 6.08. The van der Waals surface area contributed by atoms with Gasteiger partial charge in [0.1, 0.15) is 5.75 Å². The Morgan fingerprint density at radius 1 is 1.17 bits per heavy atom. The van der Waals surface area contributed by atoms with Crippen molar-refractivity contribution in [2.45, 2.75) is 33.1 Å². The zero-order valence-electron chi connectivity index (χ0n) is 13.9. The molecule has 1 aliphatic rings. The molecule has 2 aromatic rings. The molecule has 0 fully saturated rings. The van der Waals surface area contributed by atoms with Gasteiger partial charge in [0, 0.05) is 0 Å². The molecule has 0 radical (unpaired) electrons. The summed E-state index contributed by atoms with van der Waals surface area (Å²) in [5, 5.41) is 0. The van der Waals surface area contributed by atoms with Crippen LogP contribution >= 0.6 is 0 Å². The van der Waals surface area contributed by atoms with Crippen molar-refractivity contribution in [2.24, 2.45) is 0 Å². The van der Waals surface area contributed by atoms with E-state index in [0.717, 1.165) is 47.5 Å². The highest BCUT2D eigenvalue weighted by Crippen LogP contribution is 2.35. The predicted molar refractivity (Wildman–Crippen MR) is 90.9 cm³/mol. The van der Waals surface area contributed by atoms with Gasteiger partial charge in [0.2, 0.25) is 0 Å². The number of esters is 1. The van der Waals surface area contributed by atoms with Crippen LogP contribution in [0.2, 0.25) is 0 Å². The van der Waals surface area contributed by atoms with Crippen LogP contribution in [0.25, 0.3) is 11.1 Å². The summed E-state index contributed by atoms with van der Waals surface area (Å²) in [5.41, 5.74) is 6.88. The Morgan fingerprint density at radius 3 is 2.74 bits per heavy atom. The molecule has 3 rings (SSSR count). The number of carbonyl (C=O) groups is 1. The number of methoxy groups -OCH3 is 1. The molecule has 1 heterocycles. The van der Waals surface area contributed by atoms with Gasteiger partial charge in [0.25, 0.3) is 0 Å². The Labute approximate surface area is 137 Å². The summed E-state index contributed by atoms with van der Waals surface area (Å²) in [7, 11) is 1.43. The lowest BCUT2D eigenvalue weighted by Gasteiger charge is -2.20. The smallest absolute Gasteiger partial charge is 0.310 e. The second-order valence-corrected chi connectivity index (χ2v) is 6.08. The SMILES string of the molecule is COC(=O)Cc1c(C)ccc(C)c1-c1ccc2c(c1)CCCO2. The average molecular weight is 310 g/mol. The van der Waals surface area contributed by atoms with E-state index in [-0.39, 0.29) is 5.97 Å². The lowest BCUT2D eigenvalue weighted by atomic mass is 9.88. The van der Waals surface area contributed by atoms with Gasteiger partial charge in [0.05, 0.1) is 20.1 Å². The van der Waals surface area contributed by atoms with Crippen LogP contribution in [0.5, 0.6) is 5.75 Å². The van der Waals surface area contributed by atoms with E-state index in [1.807, 2.05) is 13.0 Å². The quantitative estimate of drug-likeness (QED) is 0.804. The number of ether oxygens (including phenoxy) is 2. The molecule has 0 spiro atoms. The maximum Gasteiger partial charge on any atom is 0.310 e. The van der Waals surface area contributed by atoms with Crippen LogP contribution < -0.4 is 4.74 Å². The summed E-state index contributed by atoms with van der Waals surface area (Å²) in [4.78, 5) is 11.8. The first-order valence-electron chi connectivity index (χ1n) is 8.02. The Kier molecular flexibility index (Phi) is 4.37. The van der Waals surface area contributed by atoms with E-state index < -0.39 is 0 Å². The summed E-state index contributed by atoms with van der Waals surface area (Å²) in [5.74, 6) is 0.779. The lowest BCUT2D eigenvalue weighted by Crippen LogP contribution is -2.10. The minimum absolute atomic E-state index is 0.207. The molecule has 0 amide bonds. The average Bonchev–Trinajstić information content (AvgIpc) is 2.57. The van der Waals surface area contributed by atoms with E-state index in [4.69, 9.17) is 9.47 Å². The number of benzene rings is 2. The molecule has 3 heteroatoms. The van der Waals surface area contributed by atoms with Gasteiger partial charge in [-0.25, -0.2) is 0 Å². The topological polar surface area (TPSA) is 35.5 Å². The second kappa shape index (κ2) is 6.45. The first-order valence-corrected chi connectivity index (χ1v) is 8.02. The number of aryl methyl sites for hydroxylation is 3. The third kappa shape index (κ3) is 3.09. The first kappa shape index (κ1) is 15.6. The largest absolute Gasteiger partial charge is 0.493 e. The summed E-state index contributed by atoms with van der Waals surface area (Å²) in [6, 6.07) is 10.5. The molecule has 0 saturated heterocycles. The van der Waals surface area contributed by atoms with Crippen molar-refractivity contribution < 1.29 is 14.3 Å². The van der Waals surface area contributed by atoms with Gasteiger partial charge >= 0.3 is 5.97 Å². The number of rotatable bonds is 3. The van der Waals surface area contributed by atoms with Crippen molar-refractivity contribution in [3.8, 4) is 16.9 Å². The Balaban J connectivity index is 2.11. The molecular weight excluding hydrogens is 288 g/mol. The minimum atomic E-state index is -0.207. The van der Waals surface area contributed by atoms with Crippen molar-refractivity contribution in [1.82, 2.24) is 0 Å². The molecule has 1 aliphatic heterocycles. The Hall–Kier alpha value is -2.29. The molecule has 3 nitrogen and oxygen atoms in total. The minimum Gasteiger partial charge on any atom is -0.493 e. The van der Waals surface area contributed by atoms with E-state index >= 15 is 0 Å². The van der Waals surface area contributed by atoms with Gasteiger partial charge < -0.3 is 9.47 Å². The van der Waals surface area contributed by atoms with Crippen LogP contribution in [0.1, 0.15) is 28.7 Å². The molecule has 120 valence electrons. The van der Waals surface area contributed by atoms with Gasteiger partial charge in [0.15, 0.2) is 0 Å². The van der Waals surface area contributed by atoms with Crippen molar-refractivity contribution in [2.75, 3.05) is 13.7 Å². The third-order valence-electron chi connectivity index (χ3n) is 4.50. The van der Waals surface area contributed by atoms with Crippen molar-refractivity contribution in [1.29, 1.82) is 0 Å². The normalized spacial score (nSPS) is 13.2. The fourth-order valence-corrected chi connectivity index (χ4v) is 3.23. The van der Waals surface area contributed by atoms with Crippen LogP contribution in [-0.2, 0) is 22.4 Å². The van der Waals surface area contributed by atoms with Gasteiger partial charge in [-0.1, -0.05) is 18.2 Å². The Morgan fingerprint density at radius 2 is 1.96 bits per heavy atom. The number of carbonyl (C=O) groups excluding carboxylic acids is 1. The van der Waals surface area contributed by atoms with Gasteiger partial charge in [-0.2, -0.15) is 0 Å².